The average molecular weight is 237 g/mol. The number of urea groups is 1. The third-order valence-corrected chi connectivity index (χ3v) is 2.26. The monoisotopic (exact) mass is 236 g/mol. The molecule has 15 heavy (non-hydrogen) atoms. The summed E-state index contributed by atoms with van der Waals surface area (Å²) in [6.07, 6.45) is 0. The molecule has 1 fully saturated rings. The first kappa shape index (κ1) is 14.2. The van der Waals surface area contributed by atoms with Crippen molar-refractivity contribution in [1.82, 2.24) is 20.9 Å². The van der Waals surface area contributed by atoms with Gasteiger partial charge in [-0.2, -0.15) is 0 Å². The highest BCUT2D eigenvalue weighted by Gasteiger charge is 2.23. The van der Waals surface area contributed by atoms with E-state index in [4.69, 9.17) is 0 Å². The second-order valence-electron chi connectivity index (χ2n) is 3.35. The zero-order valence-corrected chi connectivity index (χ0v) is 9.69. The van der Waals surface area contributed by atoms with E-state index in [1.807, 2.05) is 11.9 Å². The van der Waals surface area contributed by atoms with Gasteiger partial charge in [-0.25, -0.2) is 4.79 Å². The van der Waals surface area contributed by atoms with Crippen molar-refractivity contribution in [1.29, 1.82) is 0 Å². The molecule has 0 unspecified atom stereocenters. The first-order chi connectivity index (χ1) is 6.63. The standard InChI is InChI=1S/C8H16N4O2.ClH/c1-9-8(14)11-7(13)5-12(2)6-3-10-4-6;/h6,10H,3-5H2,1-2H3,(H2,9,11,13,14);1H. The van der Waals surface area contributed by atoms with Crippen molar-refractivity contribution < 1.29 is 9.59 Å². The Morgan fingerprint density at radius 3 is 2.47 bits per heavy atom. The molecule has 1 heterocycles. The third-order valence-electron chi connectivity index (χ3n) is 2.26. The second-order valence-corrected chi connectivity index (χ2v) is 3.35. The molecule has 6 nitrogen and oxygen atoms in total. The van der Waals surface area contributed by atoms with Crippen molar-refractivity contribution in [3.63, 3.8) is 0 Å². The van der Waals surface area contributed by atoms with E-state index in [9.17, 15) is 9.59 Å². The third kappa shape index (κ3) is 4.46. The molecule has 0 aromatic heterocycles. The Bertz CT molecular complexity index is 233. The normalized spacial score (nSPS) is 15.1. The van der Waals surface area contributed by atoms with Gasteiger partial charge in [-0.1, -0.05) is 0 Å². The Labute approximate surface area is 95.2 Å². The van der Waals surface area contributed by atoms with Gasteiger partial charge in [0.05, 0.1) is 6.54 Å². The molecule has 0 spiro atoms. The summed E-state index contributed by atoms with van der Waals surface area (Å²) in [7, 11) is 3.34. The summed E-state index contributed by atoms with van der Waals surface area (Å²) >= 11 is 0. The molecule has 0 aromatic carbocycles. The lowest BCUT2D eigenvalue weighted by Gasteiger charge is -2.35. The van der Waals surface area contributed by atoms with Crippen LogP contribution in [0.25, 0.3) is 0 Å². The van der Waals surface area contributed by atoms with Crippen LogP contribution in [-0.2, 0) is 4.79 Å². The number of hydrogen-bond acceptors (Lipinski definition) is 4. The predicted molar refractivity (Wildman–Crippen MR) is 59.1 cm³/mol. The summed E-state index contributed by atoms with van der Waals surface area (Å²) in [5.74, 6) is -0.279. The summed E-state index contributed by atoms with van der Waals surface area (Å²) in [5, 5.41) is 7.65. The molecular formula is C8H17ClN4O2. The molecule has 3 N–H and O–H groups in total. The van der Waals surface area contributed by atoms with E-state index in [-0.39, 0.29) is 24.9 Å². The van der Waals surface area contributed by atoms with Crippen molar-refractivity contribution in [2.24, 2.45) is 0 Å². The number of nitrogens with one attached hydrogen (secondary N) is 3. The van der Waals surface area contributed by atoms with E-state index in [0.29, 0.717) is 6.04 Å². The fourth-order valence-corrected chi connectivity index (χ4v) is 1.17. The molecule has 3 amide bonds. The Kier molecular flexibility index (Phi) is 6.23. The average Bonchev–Trinajstić information content (AvgIpc) is 1.99. The van der Waals surface area contributed by atoms with Gasteiger partial charge in [-0.15, -0.1) is 12.4 Å². The zero-order chi connectivity index (χ0) is 10.6. The van der Waals surface area contributed by atoms with Crippen LogP contribution in [0.15, 0.2) is 0 Å². The Hall–Kier alpha value is -0.850. The minimum Gasteiger partial charge on any atom is -0.341 e. The fourth-order valence-electron chi connectivity index (χ4n) is 1.17. The number of halogens is 1. The van der Waals surface area contributed by atoms with Crippen LogP contribution in [0.2, 0.25) is 0 Å². The van der Waals surface area contributed by atoms with Crippen LogP contribution in [0.5, 0.6) is 0 Å². The van der Waals surface area contributed by atoms with Crippen LogP contribution in [0.1, 0.15) is 0 Å². The first-order valence-corrected chi connectivity index (χ1v) is 4.56. The molecule has 0 aliphatic carbocycles. The Balaban J connectivity index is 0.00000196. The molecule has 7 heteroatoms. The molecule has 1 saturated heterocycles. The van der Waals surface area contributed by atoms with Crippen molar-refractivity contribution in [3.8, 4) is 0 Å². The highest BCUT2D eigenvalue weighted by Crippen LogP contribution is 2.00. The van der Waals surface area contributed by atoms with Gasteiger partial charge >= 0.3 is 6.03 Å². The van der Waals surface area contributed by atoms with Gasteiger partial charge < -0.3 is 10.6 Å². The lowest BCUT2D eigenvalue weighted by Crippen LogP contribution is -2.58. The van der Waals surface area contributed by atoms with Gasteiger partial charge in [0, 0.05) is 26.2 Å². The number of hydrogen-bond donors (Lipinski definition) is 3. The summed E-state index contributed by atoms with van der Waals surface area (Å²) in [5.41, 5.74) is 0. The number of imide groups is 1. The van der Waals surface area contributed by atoms with Gasteiger partial charge in [0.15, 0.2) is 0 Å². The van der Waals surface area contributed by atoms with Crippen LogP contribution in [-0.4, -0.2) is 56.6 Å². The lowest BCUT2D eigenvalue weighted by molar-refractivity contribution is -0.121. The number of nitrogens with zero attached hydrogens (tertiary/aromatic N) is 1. The number of carbonyl (C=O) groups excluding carboxylic acids is 2. The minimum atomic E-state index is -0.463. The Morgan fingerprint density at radius 1 is 1.47 bits per heavy atom. The molecule has 88 valence electrons. The van der Waals surface area contributed by atoms with Gasteiger partial charge in [-0.3, -0.25) is 15.0 Å². The molecule has 1 aliphatic heterocycles. The molecule has 1 aliphatic rings. The van der Waals surface area contributed by atoms with Gasteiger partial charge in [0.25, 0.3) is 0 Å². The number of likely N-dealkylation sites (N-methyl/N-ethyl adjacent to an activating group) is 1. The SMILES string of the molecule is CNC(=O)NC(=O)CN(C)C1CNC1.Cl. The summed E-state index contributed by atoms with van der Waals surface area (Å²) in [6, 6.07) is -0.0550. The second kappa shape index (κ2) is 6.60. The number of rotatable bonds is 3. The van der Waals surface area contributed by atoms with E-state index in [1.165, 1.54) is 7.05 Å². The summed E-state index contributed by atoms with van der Waals surface area (Å²) in [6.45, 7) is 2.06. The van der Waals surface area contributed by atoms with Crippen LogP contribution >= 0.6 is 12.4 Å². The van der Waals surface area contributed by atoms with Gasteiger partial charge in [-0.05, 0) is 7.05 Å². The van der Waals surface area contributed by atoms with Crippen molar-refractivity contribution in [3.05, 3.63) is 0 Å². The first-order valence-electron chi connectivity index (χ1n) is 4.56. The molecule has 0 aromatic rings. The van der Waals surface area contributed by atoms with Gasteiger partial charge in [0.1, 0.15) is 0 Å². The van der Waals surface area contributed by atoms with Crippen molar-refractivity contribution in [2.45, 2.75) is 6.04 Å². The maximum atomic E-state index is 11.2. The molecule has 0 atom stereocenters. The maximum absolute atomic E-state index is 11.2. The summed E-state index contributed by atoms with van der Waals surface area (Å²) in [4.78, 5) is 23.9. The van der Waals surface area contributed by atoms with E-state index in [2.05, 4.69) is 16.0 Å². The number of carbonyl (C=O) groups is 2. The molecule has 0 bridgehead atoms. The highest BCUT2D eigenvalue weighted by atomic mass is 35.5. The minimum absolute atomic E-state index is 0. The molecule has 0 radical (unpaired) electrons. The van der Waals surface area contributed by atoms with Crippen LogP contribution < -0.4 is 16.0 Å². The summed E-state index contributed by atoms with van der Waals surface area (Å²) < 4.78 is 0. The smallest absolute Gasteiger partial charge is 0.321 e. The van der Waals surface area contributed by atoms with Crippen LogP contribution in [0, 0.1) is 0 Å². The maximum Gasteiger partial charge on any atom is 0.321 e. The molecule has 0 saturated carbocycles. The van der Waals surface area contributed by atoms with Gasteiger partial charge in [0.2, 0.25) is 5.91 Å². The van der Waals surface area contributed by atoms with Crippen LogP contribution in [0.3, 0.4) is 0 Å². The predicted octanol–water partition coefficient (Wildman–Crippen LogP) is -1.23. The van der Waals surface area contributed by atoms with E-state index in [0.717, 1.165) is 13.1 Å². The van der Waals surface area contributed by atoms with Crippen molar-refractivity contribution >= 4 is 24.3 Å². The topological polar surface area (TPSA) is 73.5 Å². The van der Waals surface area contributed by atoms with Crippen LogP contribution in [0.4, 0.5) is 4.79 Å². The van der Waals surface area contributed by atoms with E-state index < -0.39 is 6.03 Å². The number of amides is 3. The van der Waals surface area contributed by atoms with Crippen molar-refractivity contribution in [2.75, 3.05) is 33.7 Å². The zero-order valence-electron chi connectivity index (χ0n) is 8.87. The largest absolute Gasteiger partial charge is 0.341 e. The molecular weight excluding hydrogens is 220 g/mol. The quantitative estimate of drug-likeness (QED) is 0.574. The van der Waals surface area contributed by atoms with E-state index in [1.54, 1.807) is 0 Å². The Morgan fingerprint density at radius 2 is 2.07 bits per heavy atom. The highest BCUT2D eigenvalue weighted by molar-refractivity contribution is 5.95. The van der Waals surface area contributed by atoms with E-state index >= 15 is 0 Å². The molecule has 1 rings (SSSR count). The lowest BCUT2D eigenvalue weighted by atomic mass is 10.1. The fraction of sp³-hybridized carbons (Fsp3) is 0.750.